The maximum atomic E-state index is 13.3. The minimum Gasteiger partial charge on any atom is -0.271 e. The van der Waals surface area contributed by atoms with E-state index >= 15 is 0 Å². The fourth-order valence-electron chi connectivity index (χ4n) is 1.58. The number of hydrogen-bond donors (Lipinski definition) is 2. The van der Waals surface area contributed by atoms with Gasteiger partial charge in [0.05, 0.1) is 16.1 Å². The van der Waals surface area contributed by atoms with Crippen molar-refractivity contribution in [3.8, 4) is 0 Å². The van der Waals surface area contributed by atoms with Crippen molar-refractivity contribution in [2.45, 2.75) is 12.5 Å². The van der Waals surface area contributed by atoms with Gasteiger partial charge in [0.15, 0.2) is 0 Å². The highest BCUT2D eigenvalue weighted by Crippen LogP contribution is 2.27. The minimum absolute atomic E-state index is 0.104. The lowest BCUT2D eigenvalue weighted by Crippen LogP contribution is -2.29. The Hall–Kier alpha value is -1.01. The summed E-state index contributed by atoms with van der Waals surface area (Å²) < 4.78 is 13.3. The van der Waals surface area contributed by atoms with Crippen LogP contribution in [0.5, 0.6) is 0 Å². The minimum atomic E-state index is -0.441. The van der Waals surface area contributed by atoms with Crippen molar-refractivity contribution < 1.29 is 4.39 Å². The predicted molar refractivity (Wildman–Crippen MR) is 67.3 cm³/mol. The zero-order valence-corrected chi connectivity index (χ0v) is 10.4. The monoisotopic (exact) mass is 271 g/mol. The average Bonchev–Trinajstić information content (AvgIpc) is 2.83. The number of hydrazine groups is 1. The van der Waals surface area contributed by atoms with Crippen LogP contribution in [0.1, 0.15) is 16.6 Å². The van der Waals surface area contributed by atoms with E-state index in [1.807, 2.05) is 5.38 Å². The number of thiazole rings is 1. The summed E-state index contributed by atoms with van der Waals surface area (Å²) in [5, 5.41) is 2.91. The summed E-state index contributed by atoms with van der Waals surface area (Å²) in [6.45, 7) is 0. The van der Waals surface area contributed by atoms with Crippen molar-refractivity contribution in [1.82, 2.24) is 10.4 Å². The van der Waals surface area contributed by atoms with Crippen molar-refractivity contribution in [1.29, 1.82) is 0 Å². The van der Waals surface area contributed by atoms with Crippen LogP contribution in [0.25, 0.3) is 0 Å². The van der Waals surface area contributed by atoms with E-state index < -0.39 is 5.82 Å². The Morgan fingerprint density at radius 1 is 1.53 bits per heavy atom. The summed E-state index contributed by atoms with van der Waals surface area (Å²) >= 11 is 7.45. The lowest BCUT2D eigenvalue weighted by Gasteiger charge is -2.16. The molecule has 2 aromatic rings. The first-order valence-electron chi connectivity index (χ1n) is 5.00. The molecular formula is C11H11ClFN3S. The van der Waals surface area contributed by atoms with E-state index in [1.165, 1.54) is 17.4 Å². The van der Waals surface area contributed by atoms with Crippen molar-refractivity contribution >= 4 is 22.9 Å². The van der Waals surface area contributed by atoms with Crippen LogP contribution in [-0.4, -0.2) is 4.98 Å². The predicted octanol–water partition coefficient (Wildman–Crippen LogP) is 2.68. The highest BCUT2D eigenvalue weighted by molar-refractivity contribution is 7.09. The van der Waals surface area contributed by atoms with Gasteiger partial charge in [-0.25, -0.2) is 9.37 Å². The Kier molecular flexibility index (Phi) is 4.06. The van der Waals surface area contributed by atoms with Gasteiger partial charge in [0.2, 0.25) is 0 Å². The molecule has 0 fully saturated rings. The molecule has 1 heterocycles. The van der Waals surface area contributed by atoms with Crippen LogP contribution in [0.2, 0.25) is 5.02 Å². The number of aromatic nitrogens is 1. The molecule has 6 heteroatoms. The second kappa shape index (κ2) is 5.55. The molecule has 1 aromatic carbocycles. The molecule has 0 aliphatic rings. The highest BCUT2D eigenvalue weighted by atomic mass is 35.5. The molecule has 17 heavy (non-hydrogen) atoms. The topological polar surface area (TPSA) is 50.9 Å². The zero-order valence-electron chi connectivity index (χ0n) is 8.86. The fraction of sp³-hybridized carbons (Fsp3) is 0.182. The molecular weight excluding hydrogens is 261 g/mol. The summed E-state index contributed by atoms with van der Waals surface area (Å²) in [7, 11) is 0. The smallest absolute Gasteiger partial charge is 0.142 e. The molecule has 0 aliphatic heterocycles. The maximum absolute atomic E-state index is 13.3. The molecule has 0 bridgehead atoms. The first-order valence-corrected chi connectivity index (χ1v) is 6.26. The molecule has 3 N–H and O–H groups in total. The SMILES string of the molecule is NNC(Cc1nccs1)c1cccc(F)c1Cl. The lowest BCUT2D eigenvalue weighted by molar-refractivity contribution is 0.543. The van der Waals surface area contributed by atoms with Gasteiger partial charge in [-0.1, -0.05) is 23.7 Å². The molecule has 3 nitrogen and oxygen atoms in total. The van der Waals surface area contributed by atoms with Crippen molar-refractivity contribution in [2.75, 3.05) is 0 Å². The van der Waals surface area contributed by atoms with Crippen LogP contribution in [0, 0.1) is 5.82 Å². The normalized spacial score (nSPS) is 12.6. The molecule has 0 aliphatic carbocycles. The summed E-state index contributed by atoms with van der Waals surface area (Å²) in [6, 6.07) is 4.44. The number of rotatable bonds is 4. The molecule has 1 atom stereocenters. The maximum Gasteiger partial charge on any atom is 0.142 e. The Morgan fingerprint density at radius 2 is 2.35 bits per heavy atom. The zero-order chi connectivity index (χ0) is 12.3. The van der Waals surface area contributed by atoms with Gasteiger partial charge in [-0.05, 0) is 11.6 Å². The molecule has 0 saturated carbocycles. The Labute approximate surface area is 107 Å². The van der Waals surface area contributed by atoms with Crippen LogP contribution in [0.4, 0.5) is 4.39 Å². The van der Waals surface area contributed by atoms with Crippen molar-refractivity contribution in [2.24, 2.45) is 5.84 Å². The van der Waals surface area contributed by atoms with Gasteiger partial charge in [0.25, 0.3) is 0 Å². The quantitative estimate of drug-likeness (QED) is 0.664. The molecule has 0 spiro atoms. The number of nitrogens with zero attached hydrogens (tertiary/aromatic N) is 1. The lowest BCUT2D eigenvalue weighted by atomic mass is 10.0. The molecule has 0 saturated heterocycles. The molecule has 0 amide bonds. The van der Waals surface area contributed by atoms with Gasteiger partial charge >= 0.3 is 0 Å². The summed E-state index contributed by atoms with van der Waals surface area (Å²) in [6.07, 6.45) is 2.30. The van der Waals surface area contributed by atoms with Gasteiger partial charge < -0.3 is 0 Å². The summed E-state index contributed by atoms with van der Waals surface area (Å²) in [5.41, 5.74) is 3.28. The summed E-state index contributed by atoms with van der Waals surface area (Å²) in [4.78, 5) is 4.17. The van der Waals surface area contributed by atoms with E-state index in [4.69, 9.17) is 17.4 Å². The Bertz CT molecular complexity index is 489. The third-order valence-electron chi connectivity index (χ3n) is 2.42. The van der Waals surface area contributed by atoms with Crippen LogP contribution >= 0.6 is 22.9 Å². The molecule has 0 radical (unpaired) electrons. The summed E-state index contributed by atoms with van der Waals surface area (Å²) in [5.74, 6) is 5.04. The second-order valence-electron chi connectivity index (χ2n) is 3.49. The van der Waals surface area contributed by atoms with Gasteiger partial charge in [-0.2, -0.15) is 0 Å². The van der Waals surface area contributed by atoms with Crippen LogP contribution in [0.3, 0.4) is 0 Å². The highest BCUT2D eigenvalue weighted by Gasteiger charge is 2.17. The third kappa shape index (κ3) is 2.81. The number of hydrogen-bond acceptors (Lipinski definition) is 4. The third-order valence-corrected chi connectivity index (χ3v) is 3.62. The standard InChI is InChI=1S/C11H11ClFN3S/c12-11-7(2-1-3-8(11)13)9(16-14)6-10-15-4-5-17-10/h1-5,9,16H,6,14H2. The van der Waals surface area contributed by atoms with Crippen LogP contribution < -0.4 is 11.3 Å². The number of benzene rings is 1. The van der Waals surface area contributed by atoms with Crippen LogP contribution in [0.15, 0.2) is 29.8 Å². The van der Waals surface area contributed by atoms with E-state index in [0.717, 1.165) is 5.01 Å². The second-order valence-corrected chi connectivity index (χ2v) is 4.85. The van der Waals surface area contributed by atoms with Crippen molar-refractivity contribution in [3.05, 3.63) is 51.2 Å². The molecule has 90 valence electrons. The molecule has 2 rings (SSSR count). The Morgan fingerprint density at radius 3 is 3.00 bits per heavy atom. The average molecular weight is 272 g/mol. The van der Waals surface area contributed by atoms with Gasteiger partial charge in [-0.3, -0.25) is 11.3 Å². The molecule has 1 aromatic heterocycles. The van der Waals surface area contributed by atoms with Crippen molar-refractivity contribution in [3.63, 3.8) is 0 Å². The van der Waals surface area contributed by atoms with E-state index in [-0.39, 0.29) is 11.1 Å². The first-order chi connectivity index (χ1) is 8.22. The van der Waals surface area contributed by atoms with E-state index in [2.05, 4.69) is 10.4 Å². The fourth-order valence-corrected chi connectivity index (χ4v) is 2.50. The number of halogens is 2. The van der Waals surface area contributed by atoms with Crippen LogP contribution in [-0.2, 0) is 6.42 Å². The van der Waals surface area contributed by atoms with E-state index in [9.17, 15) is 4.39 Å². The Balaban J connectivity index is 2.26. The van der Waals surface area contributed by atoms with Gasteiger partial charge in [0.1, 0.15) is 5.82 Å². The van der Waals surface area contributed by atoms with Gasteiger partial charge in [-0.15, -0.1) is 11.3 Å². The number of nitrogens with two attached hydrogens (primary N) is 1. The largest absolute Gasteiger partial charge is 0.271 e. The number of nitrogens with one attached hydrogen (secondary N) is 1. The molecule has 1 unspecified atom stereocenters. The van der Waals surface area contributed by atoms with E-state index in [1.54, 1.807) is 18.3 Å². The first kappa shape index (κ1) is 12.4. The van der Waals surface area contributed by atoms with Gasteiger partial charge in [0, 0.05) is 18.0 Å². The van der Waals surface area contributed by atoms with E-state index in [0.29, 0.717) is 12.0 Å².